The first-order valence-electron chi connectivity index (χ1n) is 11.8. The highest BCUT2D eigenvalue weighted by atomic mass is 16.3. The molecule has 7 heteroatoms. The van der Waals surface area contributed by atoms with Gasteiger partial charge in [0.25, 0.3) is 0 Å². The number of aliphatic hydroxyl groups is 1. The number of hydrogen-bond donors (Lipinski definition) is 4. The summed E-state index contributed by atoms with van der Waals surface area (Å²) in [6.45, 7) is 17.8. The number of rotatable bonds is 8. The van der Waals surface area contributed by atoms with Crippen LogP contribution < -0.4 is 11.5 Å². The van der Waals surface area contributed by atoms with Gasteiger partial charge in [-0.25, -0.2) is 4.79 Å². The van der Waals surface area contributed by atoms with Gasteiger partial charge in [0.1, 0.15) is 12.0 Å². The van der Waals surface area contributed by atoms with Crippen LogP contribution in [0.1, 0.15) is 77.8 Å². The molecule has 0 bridgehead atoms. The maximum absolute atomic E-state index is 12.1. The zero-order valence-electron chi connectivity index (χ0n) is 21.4. The van der Waals surface area contributed by atoms with Gasteiger partial charge in [-0.2, -0.15) is 0 Å². The summed E-state index contributed by atoms with van der Waals surface area (Å²) in [5.74, 6) is 0.178. The molecule has 1 saturated heterocycles. The van der Waals surface area contributed by atoms with Crippen LogP contribution in [0.25, 0.3) is 0 Å². The molecule has 2 rings (SSSR count). The van der Waals surface area contributed by atoms with E-state index in [0.29, 0.717) is 12.8 Å². The number of aryl methyl sites for hydroxylation is 1. The number of nitrogens with zero attached hydrogens (tertiary/aromatic N) is 1. The number of likely N-dealkylation sites (tertiary alicyclic amines) is 1. The minimum atomic E-state index is -1.05. The molecule has 0 aliphatic carbocycles. The quantitative estimate of drug-likeness (QED) is 0.339. The molecule has 0 saturated carbocycles. The average molecular weight is 464 g/mol. The van der Waals surface area contributed by atoms with Crippen molar-refractivity contribution in [2.45, 2.75) is 90.7 Å². The molecule has 1 aliphatic heterocycles. The Bertz CT molecular complexity index is 779. The van der Waals surface area contributed by atoms with E-state index in [2.05, 4.69) is 36.8 Å². The van der Waals surface area contributed by atoms with E-state index in [1.807, 2.05) is 33.8 Å². The second-order valence-electron chi connectivity index (χ2n) is 8.70. The topological polar surface area (TPSA) is 130 Å². The van der Waals surface area contributed by atoms with Gasteiger partial charge in [0.15, 0.2) is 0 Å². The highest BCUT2D eigenvalue weighted by Gasteiger charge is 2.57. The average Bonchev–Trinajstić information content (AvgIpc) is 2.74. The number of phenols is 1. The van der Waals surface area contributed by atoms with E-state index < -0.39 is 17.0 Å². The van der Waals surface area contributed by atoms with Crippen molar-refractivity contribution in [3.05, 3.63) is 41.5 Å². The zero-order chi connectivity index (χ0) is 25.8. The number of aldehydes is 1. The van der Waals surface area contributed by atoms with Crippen molar-refractivity contribution in [2.75, 3.05) is 13.1 Å². The number of piperidine rings is 1. The van der Waals surface area contributed by atoms with E-state index in [9.17, 15) is 15.0 Å². The molecule has 33 heavy (non-hydrogen) atoms. The van der Waals surface area contributed by atoms with E-state index in [1.165, 1.54) is 0 Å². The van der Waals surface area contributed by atoms with Crippen LogP contribution in [0.3, 0.4) is 0 Å². The molecule has 1 heterocycles. The van der Waals surface area contributed by atoms with Crippen LogP contribution in [0, 0.1) is 6.92 Å². The predicted molar refractivity (Wildman–Crippen MR) is 135 cm³/mol. The van der Waals surface area contributed by atoms with Crippen molar-refractivity contribution in [2.24, 2.45) is 11.5 Å². The van der Waals surface area contributed by atoms with Crippen LogP contribution in [-0.4, -0.2) is 52.2 Å². The molecule has 1 aromatic rings. The largest absolute Gasteiger partial charge is 0.508 e. The van der Waals surface area contributed by atoms with Crippen LogP contribution in [0.4, 0.5) is 4.79 Å². The number of benzene rings is 1. The molecule has 3 unspecified atom stereocenters. The Morgan fingerprint density at radius 3 is 2.39 bits per heavy atom. The van der Waals surface area contributed by atoms with Gasteiger partial charge in [-0.1, -0.05) is 38.8 Å². The van der Waals surface area contributed by atoms with E-state index >= 15 is 0 Å². The summed E-state index contributed by atoms with van der Waals surface area (Å²) < 4.78 is 0. The maximum Gasteiger partial charge on any atom is 0.309 e. The third-order valence-corrected chi connectivity index (χ3v) is 6.52. The Morgan fingerprint density at radius 2 is 1.91 bits per heavy atom. The van der Waals surface area contributed by atoms with Crippen molar-refractivity contribution in [1.29, 1.82) is 0 Å². The third kappa shape index (κ3) is 7.57. The molecule has 188 valence electrons. The lowest BCUT2D eigenvalue weighted by molar-refractivity contribution is -0.145. The van der Waals surface area contributed by atoms with Gasteiger partial charge < -0.3 is 26.5 Å². The number of nitrogens with two attached hydrogens (primary N) is 2. The zero-order valence-corrected chi connectivity index (χ0v) is 21.4. The minimum absolute atomic E-state index is 0.0905. The molecule has 1 aromatic carbocycles. The molecule has 0 radical (unpaired) electrons. The van der Waals surface area contributed by atoms with Gasteiger partial charge >= 0.3 is 6.03 Å². The second kappa shape index (κ2) is 14.0. The molecule has 1 aliphatic rings. The van der Waals surface area contributed by atoms with Gasteiger partial charge in [-0.05, 0) is 69.8 Å². The normalized spacial score (nSPS) is 24.5. The van der Waals surface area contributed by atoms with Crippen LogP contribution in [0.5, 0.6) is 5.75 Å². The first-order chi connectivity index (χ1) is 15.4. The van der Waals surface area contributed by atoms with Crippen molar-refractivity contribution < 1.29 is 19.8 Å². The number of carbonyl (C=O) groups is 2. The highest BCUT2D eigenvalue weighted by Crippen LogP contribution is 2.51. The van der Waals surface area contributed by atoms with E-state index in [4.69, 9.17) is 4.79 Å². The molecule has 1 fully saturated rings. The summed E-state index contributed by atoms with van der Waals surface area (Å²) in [5, 5.41) is 22.2. The summed E-state index contributed by atoms with van der Waals surface area (Å²) in [6.07, 6.45) is 4.21. The molecular weight excluding hydrogens is 418 g/mol. The van der Waals surface area contributed by atoms with Crippen LogP contribution >= 0.6 is 0 Å². The summed E-state index contributed by atoms with van der Waals surface area (Å²) >= 11 is 0. The monoisotopic (exact) mass is 463 g/mol. The standard InChI is InChI=1S/C23H35NO3.C2H6.CH4N2O/c1-6-10-23(27)19(5)24(13-9-17(2)3)14-11-22(23,12-15-25)21-16-20(26)8-7-18(21)4;1-2;2-1(3)4/h7-8,15-16,19,26-27H,2,6,9-14H2,1,3-5H3;1-2H3;(H4,2,3,4). The number of amides is 2. The molecule has 3 atom stereocenters. The number of aromatic hydroxyl groups is 1. The minimum Gasteiger partial charge on any atom is -0.508 e. The third-order valence-electron chi connectivity index (χ3n) is 6.52. The van der Waals surface area contributed by atoms with E-state index in [1.54, 1.807) is 12.1 Å². The predicted octanol–water partition coefficient (Wildman–Crippen LogP) is 4.17. The number of primary amides is 2. The number of phenolic OH excluding ortho intramolecular Hbond substituents is 1. The fourth-order valence-electron chi connectivity index (χ4n) is 4.94. The first kappa shape index (κ1) is 30.6. The Balaban J connectivity index is 0.00000154. The van der Waals surface area contributed by atoms with E-state index in [-0.39, 0.29) is 18.2 Å². The molecule has 6 N–H and O–H groups in total. The summed E-state index contributed by atoms with van der Waals surface area (Å²) in [6, 6.07) is 4.36. The lowest BCUT2D eigenvalue weighted by Gasteiger charge is -2.58. The Hall–Kier alpha value is -2.38. The van der Waals surface area contributed by atoms with E-state index in [0.717, 1.165) is 48.9 Å². The van der Waals surface area contributed by atoms with Gasteiger partial charge in [0.05, 0.1) is 5.60 Å². The fourth-order valence-corrected chi connectivity index (χ4v) is 4.94. The number of hydrogen-bond acceptors (Lipinski definition) is 5. The molecule has 0 aromatic heterocycles. The van der Waals surface area contributed by atoms with Crippen LogP contribution in [0.15, 0.2) is 30.4 Å². The second-order valence-corrected chi connectivity index (χ2v) is 8.70. The SMILES string of the molecule is C=C(C)CCN1CCC(CC=O)(c2cc(O)ccc2C)C(O)(CCC)C1C.CC.NC(N)=O. The first-order valence-corrected chi connectivity index (χ1v) is 11.8. The maximum atomic E-state index is 12.1. The highest BCUT2D eigenvalue weighted by molar-refractivity contribution is 5.69. The van der Waals surface area contributed by atoms with Crippen molar-refractivity contribution in [1.82, 2.24) is 4.90 Å². The van der Waals surface area contributed by atoms with Crippen LogP contribution in [0.2, 0.25) is 0 Å². The summed E-state index contributed by atoms with van der Waals surface area (Å²) in [7, 11) is 0. The number of urea groups is 1. The van der Waals surface area contributed by atoms with Crippen molar-refractivity contribution in [3.63, 3.8) is 0 Å². The smallest absolute Gasteiger partial charge is 0.309 e. The lowest BCUT2D eigenvalue weighted by atomic mass is 9.56. The summed E-state index contributed by atoms with van der Waals surface area (Å²) in [5.41, 5.74) is 9.81. The van der Waals surface area contributed by atoms with Crippen molar-refractivity contribution >= 4 is 12.3 Å². The molecule has 2 amide bonds. The van der Waals surface area contributed by atoms with Gasteiger partial charge in [0, 0.05) is 24.4 Å². The Kier molecular flexibility index (Phi) is 13.0. The lowest BCUT2D eigenvalue weighted by Crippen LogP contribution is -2.68. The van der Waals surface area contributed by atoms with Gasteiger partial charge in [-0.15, -0.1) is 6.58 Å². The van der Waals surface area contributed by atoms with Gasteiger partial charge in [0.2, 0.25) is 0 Å². The molecule has 0 spiro atoms. The molecule has 7 nitrogen and oxygen atoms in total. The molecular formula is C26H45N3O4. The van der Waals surface area contributed by atoms with Crippen LogP contribution in [-0.2, 0) is 10.2 Å². The fraction of sp³-hybridized carbons (Fsp3) is 0.615. The Morgan fingerprint density at radius 1 is 1.33 bits per heavy atom. The summed E-state index contributed by atoms with van der Waals surface area (Å²) in [4.78, 5) is 23.1. The number of carbonyl (C=O) groups excluding carboxylic acids is 2. The Labute approximate surface area is 199 Å². The van der Waals surface area contributed by atoms with Gasteiger partial charge in [-0.3, -0.25) is 4.90 Å². The van der Waals surface area contributed by atoms with Crippen molar-refractivity contribution in [3.8, 4) is 5.75 Å².